The summed E-state index contributed by atoms with van der Waals surface area (Å²) < 4.78 is 5.11. The van der Waals surface area contributed by atoms with Crippen molar-refractivity contribution in [3.8, 4) is 6.07 Å². The molecule has 100 valence electrons. The number of nitrogens with one attached hydrogen (secondary N) is 1. The lowest BCUT2D eigenvalue weighted by atomic mass is 9.87. The van der Waals surface area contributed by atoms with Gasteiger partial charge >= 0.3 is 0 Å². The van der Waals surface area contributed by atoms with E-state index in [1.54, 1.807) is 7.11 Å². The lowest BCUT2D eigenvalue weighted by Crippen LogP contribution is -2.32. The number of hydrogen-bond acceptors (Lipinski definition) is 3. The van der Waals surface area contributed by atoms with Crippen molar-refractivity contribution in [2.75, 3.05) is 12.4 Å². The number of benzene rings is 1. The van der Waals surface area contributed by atoms with Crippen LogP contribution in [0.15, 0.2) is 24.3 Å². The van der Waals surface area contributed by atoms with Gasteiger partial charge in [-0.25, -0.2) is 0 Å². The van der Waals surface area contributed by atoms with Crippen molar-refractivity contribution >= 4 is 11.6 Å². The van der Waals surface area contributed by atoms with E-state index in [4.69, 9.17) is 4.74 Å². The first-order valence-corrected chi connectivity index (χ1v) is 6.51. The fraction of sp³-hybridized carbons (Fsp3) is 0.467. The van der Waals surface area contributed by atoms with Crippen LogP contribution in [-0.4, -0.2) is 13.0 Å². The minimum Gasteiger partial charge on any atom is -0.380 e. The molecule has 1 aromatic carbocycles. The Hall–Kier alpha value is -1.86. The van der Waals surface area contributed by atoms with Crippen LogP contribution in [-0.2, 0) is 16.1 Å². The van der Waals surface area contributed by atoms with Gasteiger partial charge in [0.2, 0.25) is 5.91 Å². The molecule has 0 radical (unpaired) electrons. The molecule has 0 heterocycles. The summed E-state index contributed by atoms with van der Waals surface area (Å²) in [6.45, 7) is 0.440. The van der Waals surface area contributed by atoms with Crippen LogP contribution in [0.4, 0.5) is 5.69 Å². The predicted octanol–water partition coefficient (Wildman–Crippen LogP) is 2.86. The van der Waals surface area contributed by atoms with Crippen LogP contribution < -0.4 is 5.32 Å². The number of amides is 1. The Kier molecular flexibility index (Phi) is 4.18. The number of methoxy groups -OCH3 is 1. The van der Waals surface area contributed by atoms with Crippen LogP contribution in [0.2, 0.25) is 0 Å². The maximum absolute atomic E-state index is 12.3. The number of anilines is 1. The van der Waals surface area contributed by atoms with E-state index in [1.807, 2.05) is 24.3 Å². The smallest absolute Gasteiger partial charge is 0.244 e. The first-order valence-electron chi connectivity index (χ1n) is 6.51. The summed E-state index contributed by atoms with van der Waals surface area (Å²) in [6, 6.07) is 9.72. The zero-order valence-corrected chi connectivity index (χ0v) is 11.1. The topological polar surface area (TPSA) is 62.1 Å². The highest BCUT2D eigenvalue weighted by Gasteiger charge is 2.41. The molecular weight excluding hydrogens is 240 g/mol. The van der Waals surface area contributed by atoms with Gasteiger partial charge in [0.1, 0.15) is 5.41 Å². The summed E-state index contributed by atoms with van der Waals surface area (Å²) >= 11 is 0. The van der Waals surface area contributed by atoms with Gasteiger partial charge in [-0.05, 0) is 18.9 Å². The molecule has 2 rings (SSSR count). The minimum atomic E-state index is -0.847. The van der Waals surface area contributed by atoms with E-state index >= 15 is 0 Å². The highest BCUT2D eigenvalue weighted by molar-refractivity contribution is 5.97. The molecule has 0 spiro atoms. The Morgan fingerprint density at radius 2 is 2.11 bits per heavy atom. The summed E-state index contributed by atoms with van der Waals surface area (Å²) in [7, 11) is 1.62. The van der Waals surface area contributed by atoms with Crippen LogP contribution in [0.5, 0.6) is 0 Å². The first kappa shape index (κ1) is 13.6. The van der Waals surface area contributed by atoms with Crippen molar-refractivity contribution < 1.29 is 9.53 Å². The van der Waals surface area contributed by atoms with Crippen molar-refractivity contribution in [2.24, 2.45) is 5.41 Å². The monoisotopic (exact) mass is 258 g/mol. The van der Waals surface area contributed by atoms with Gasteiger partial charge in [0.25, 0.3) is 0 Å². The van der Waals surface area contributed by atoms with E-state index in [2.05, 4.69) is 11.4 Å². The molecular formula is C15H18N2O2. The number of nitrogens with zero attached hydrogens (tertiary/aromatic N) is 1. The van der Waals surface area contributed by atoms with Crippen LogP contribution >= 0.6 is 0 Å². The maximum Gasteiger partial charge on any atom is 0.244 e. The van der Waals surface area contributed by atoms with Gasteiger partial charge in [0, 0.05) is 18.4 Å². The SMILES string of the molecule is COCc1ccccc1NC(=O)C1(C#N)CCCC1. The summed E-state index contributed by atoms with van der Waals surface area (Å²) in [5.74, 6) is -0.184. The molecule has 0 aromatic heterocycles. The number of para-hydroxylation sites is 1. The average molecular weight is 258 g/mol. The normalized spacial score (nSPS) is 16.8. The first-order chi connectivity index (χ1) is 9.22. The number of carbonyl (C=O) groups is 1. The molecule has 4 heteroatoms. The summed E-state index contributed by atoms with van der Waals surface area (Å²) in [6.07, 6.45) is 3.20. The van der Waals surface area contributed by atoms with Crippen LogP contribution in [0.25, 0.3) is 0 Å². The highest BCUT2D eigenvalue weighted by Crippen LogP contribution is 2.38. The van der Waals surface area contributed by atoms with Crippen LogP contribution in [0.3, 0.4) is 0 Å². The van der Waals surface area contributed by atoms with Crippen molar-refractivity contribution in [2.45, 2.75) is 32.3 Å². The van der Waals surface area contributed by atoms with E-state index in [9.17, 15) is 10.1 Å². The Bertz CT molecular complexity index is 499. The zero-order valence-electron chi connectivity index (χ0n) is 11.1. The third-order valence-electron chi connectivity index (χ3n) is 3.67. The number of rotatable bonds is 4. The molecule has 1 N–H and O–H groups in total. The Labute approximate surface area is 113 Å². The zero-order chi connectivity index (χ0) is 13.7. The third-order valence-corrected chi connectivity index (χ3v) is 3.67. The number of hydrogen-bond donors (Lipinski definition) is 1. The molecule has 0 aliphatic heterocycles. The largest absolute Gasteiger partial charge is 0.380 e. The molecule has 1 aromatic rings. The van der Waals surface area contributed by atoms with Gasteiger partial charge < -0.3 is 10.1 Å². The van der Waals surface area contributed by atoms with E-state index in [0.29, 0.717) is 19.4 Å². The molecule has 4 nitrogen and oxygen atoms in total. The lowest BCUT2D eigenvalue weighted by Gasteiger charge is -2.20. The highest BCUT2D eigenvalue weighted by atomic mass is 16.5. The van der Waals surface area contributed by atoms with Crippen molar-refractivity contribution in [3.05, 3.63) is 29.8 Å². The minimum absolute atomic E-state index is 0.184. The van der Waals surface area contributed by atoms with Crippen molar-refractivity contribution in [1.82, 2.24) is 0 Å². The Morgan fingerprint density at radius 1 is 1.42 bits per heavy atom. The number of carbonyl (C=O) groups excluding carboxylic acids is 1. The molecule has 0 unspecified atom stereocenters. The van der Waals surface area contributed by atoms with Gasteiger partial charge in [0.15, 0.2) is 0 Å². The standard InChI is InChI=1S/C15H18N2O2/c1-19-10-12-6-2-3-7-13(12)17-14(18)15(11-16)8-4-5-9-15/h2-3,6-7H,4-5,8-10H2,1H3,(H,17,18). The second-order valence-corrected chi connectivity index (χ2v) is 4.95. The molecule has 0 atom stereocenters. The van der Waals surface area contributed by atoms with Crippen LogP contribution in [0.1, 0.15) is 31.2 Å². The lowest BCUT2D eigenvalue weighted by molar-refractivity contribution is -0.122. The second kappa shape index (κ2) is 5.85. The quantitative estimate of drug-likeness (QED) is 0.903. The molecule has 1 amide bonds. The summed E-state index contributed by atoms with van der Waals surface area (Å²) in [4.78, 5) is 12.3. The van der Waals surface area contributed by atoms with E-state index in [0.717, 1.165) is 24.1 Å². The van der Waals surface area contributed by atoms with Gasteiger partial charge in [-0.2, -0.15) is 5.26 Å². The molecule has 1 aliphatic carbocycles. The van der Waals surface area contributed by atoms with Gasteiger partial charge in [-0.1, -0.05) is 31.0 Å². The van der Waals surface area contributed by atoms with Gasteiger partial charge in [0.05, 0.1) is 12.7 Å². The van der Waals surface area contributed by atoms with Crippen molar-refractivity contribution in [3.63, 3.8) is 0 Å². The summed E-state index contributed by atoms with van der Waals surface area (Å²) in [5.41, 5.74) is 0.806. The van der Waals surface area contributed by atoms with Crippen molar-refractivity contribution in [1.29, 1.82) is 5.26 Å². The molecule has 19 heavy (non-hydrogen) atoms. The predicted molar refractivity (Wildman–Crippen MR) is 72.3 cm³/mol. The van der Waals surface area contributed by atoms with E-state index in [-0.39, 0.29) is 5.91 Å². The average Bonchev–Trinajstić information content (AvgIpc) is 2.91. The van der Waals surface area contributed by atoms with Gasteiger partial charge in [-0.3, -0.25) is 4.79 Å². The maximum atomic E-state index is 12.3. The molecule has 0 bridgehead atoms. The van der Waals surface area contributed by atoms with Crippen LogP contribution in [0, 0.1) is 16.7 Å². The molecule has 1 fully saturated rings. The molecule has 0 saturated heterocycles. The summed E-state index contributed by atoms with van der Waals surface area (Å²) in [5, 5.41) is 12.2. The number of nitriles is 1. The second-order valence-electron chi connectivity index (χ2n) is 4.95. The molecule has 1 aliphatic rings. The van der Waals surface area contributed by atoms with E-state index in [1.165, 1.54) is 0 Å². The number of ether oxygens (including phenoxy) is 1. The third kappa shape index (κ3) is 2.77. The molecule has 1 saturated carbocycles. The fourth-order valence-corrected chi connectivity index (χ4v) is 2.53. The van der Waals surface area contributed by atoms with E-state index < -0.39 is 5.41 Å². The van der Waals surface area contributed by atoms with Gasteiger partial charge in [-0.15, -0.1) is 0 Å². The fourth-order valence-electron chi connectivity index (χ4n) is 2.53. The Morgan fingerprint density at radius 3 is 2.74 bits per heavy atom. The Balaban J connectivity index is 2.17.